The number of benzene rings is 2. The van der Waals surface area contributed by atoms with Crippen LogP contribution >= 0.6 is 0 Å². The highest BCUT2D eigenvalue weighted by atomic mass is 16.5. The van der Waals surface area contributed by atoms with Crippen LogP contribution < -0.4 is 15.4 Å². The van der Waals surface area contributed by atoms with E-state index in [-0.39, 0.29) is 18.2 Å². The summed E-state index contributed by atoms with van der Waals surface area (Å²) in [7, 11) is 0. The zero-order chi connectivity index (χ0) is 18.1. The van der Waals surface area contributed by atoms with E-state index < -0.39 is 6.04 Å². The summed E-state index contributed by atoms with van der Waals surface area (Å²) in [6, 6.07) is 14.1. The van der Waals surface area contributed by atoms with Gasteiger partial charge in [0.1, 0.15) is 11.8 Å². The van der Waals surface area contributed by atoms with Crippen LogP contribution in [0.4, 0.5) is 11.6 Å². The van der Waals surface area contributed by atoms with E-state index in [1.165, 1.54) is 0 Å². The summed E-state index contributed by atoms with van der Waals surface area (Å²) in [5.74, 6) is 0.475. The van der Waals surface area contributed by atoms with Crippen molar-refractivity contribution in [1.82, 2.24) is 9.55 Å². The molecular weight excluding hydrogens is 332 g/mol. The van der Waals surface area contributed by atoms with E-state index in [9.17, 15) is 9.59 Å². The fourth-order valence-corrected chi connectivity index (χ4v) is 3.17. The second-order valence-electron chi connectivity index (χ2n) is 5.98. The molecule has 0 fully saturated rings. The SMILES string of the molecule is CCOc1ccccc1NC(=O)[C@H]1CC(=O)Nc2nc3ccccc3n21. The van der Waals surface area contributed by atoms with Crippen molar-refractivity contribution < 1.29 is 14.3 Å². The molecule has 1 aliphatic rings. The van der Waals surface area contributed by atoms with Crippen LogP contribution in [0.1, 0.15) is 19.4 Å². The van der Waals surface area contributed by atoms with Gasteiger partial charge in [0.15, 0.2) is 0 Å². The number of aromatic nitrogens is 2. The Balaban J connectivity index is 1.70. The number of nitrogens with one attached hydrogen (secondary N) is 2. The number of carbonyl (C=O) groups excluding carboxylic acids is 2. The number of fused-ring (bicyclic) bond motifs is 3. The van der Waals surface area contributed by atoms with Gasteiger partial charge >= 0.3 is 0 Å². The van der Waals surface area contributed by atoms with Crippen LogP contribution in [0.2, 0.25) is 0 Å². The maximum absolute atomic E-state index is 13.0. The average Bonchev–Trinajstić information content (AvgIpc) is 3.00. The fraction of sp³-hybridized carbons (Fsp3) is 0.211. The van der Waals surface area contributed by atoms with E-state index in [1.54, 1.807) is 16.7 Å². The molecule has 132 valence electrons. The molecule has 0 radical (unpaired) electrons. The van der Waals surface area contributed by atoms with Crippen molar-refractivity contribution in [2.24, 2.45) is 0 Å². The minimum Gasteiger partial charge on any atom is -0.492 e. The lowest BCUT2D eigenvalue weighted by atomic mass is 10.1. The monoisotopic (exact) mass is 350 g/mol. The highest BCUT2D eigenvalue weighted by Gasteiger charge is 2.33. The van der Waals surface area contributed by atoms with E-state index in [0.29, 0.717) is 24.0 Å². The molecule has 0 saturated heterocycles. The minimum atomic E-state index is -0.680. The molecule has 2 heterocycles. The van der Waals surface area contributed by atoms with Crippen LogP contribution in [0.15, 0.2) is 48.5 Å². The Morgan fingerprint density at radius 3 is 2.88 bits per heavy atom. The first-order valence-corrected chi connectivity index (χ1v) is 8.47. The number of hydrogen-bond donors (Lipinski definition) is 2. The second-order valence-corrected chi connectivity index (χ2v) is 5.98. The summed E-state index contributed by atoms with van der Waals surface area (Å²) in [5.41, 5.74) is 2.12. The molecule has 0 unspecified atom stereocenters. The van der Waals surface area contributed by atoms with E-state index in [4.69, 9.17) is 4.74 Å². The summed E-state index contributed by atoms with van der Waals surface area (Å²) < 4.78 is 7.33. The largest absolute Gasteiger partial charge is 0.492 e. The molecule has 1 aliphatic heterocycles. The predicted octanol–water partition coefficient (Wildman–Crippen LogP) is 2.96. The molecular formula is C19H18N4O3. The lowest BCUT2D eigenvalue weighted by molar-refractivity contribution is -0.124. The molecule has 4 rings (SSSR count). The second kappa shape index (κ2) is 6.51. The van der Waals surface area contributed by atoms with E-state index >= 15 is 0 Å². The first-order valence-electron chi connectivity index (χ1n) is 8.47. The Bertz CT molecular complexity index is 995. The van der Waals surface area contributed by atoms with Crippen LogP contribution in [0, 0.1) is 0 Å². The Kier molecular flexibility index (Phi) is 4.04. The van der Waals surface area contributed by atoms with Gasteiger partial charge < -0.3 is 10.1 Å². The van der Waals surface area contributed by atoms with E-state index in [1.807, 2.05) is 43.3 Å². The number of hydrogen-bond acceptors (Lipinski definition) is 4. The van der Waals surface area contributed by atoms with Crippen molar-refractivity contribution in [1.29, 1.82) is 0 Å². The van der Waals surface area contributed by atoms with Crippen LogP contribution in [0.5, 0.6) is 5.75 Å². The molecule has 0 aliphatic carbocycles. The van der Waals surface area contributed by atoms with Gasteiger partial charge in [-0.25, -0.2) is 4.98 Å². The standard InChI is InChI=1S/C19H18N4O3/c1-2-26-16-10-6-4-8-13(16)20-18(25)15-11-17(24)22-19-21-12-7-3-5-9-14(12)23(15)19/h3-10,15H,2,11H2,1H3,(H,20,25)(H,21,22,24)/t15-/m1/s1. The Morgan fingerprint density at radius 1 is 1.27 bits per heavy atom. The summed E-state index contributed by atoms with van der Waals surface area (Å²) in [4.78, 5) is 29.5. The van der Waals surface area contributed by atoms with Crippen LogP contribution in [-0.2, 0) is 9.59 Å². The van der Waals surface area contributed by atoms with Gasteiger partial charge in [-0.1, -0.05) is 24.3 Å². The van der Waals surface area contributed by atoms with Crippen LogP contribution in [0.25, 0.3) is 11.0 Å². The van der Waals surface area contributed by atoms with Crippen LogP contribution in [-0.4, -0.2) is 28.0 Å². The molecule has 0 spiro atoms. The van der Waals surface area contributed by atoms with Crippen LogP contribution in [0.3, 0.4) is 0 Å². The molecule has 7 nitrogen and oxygen atoms in total. The summed E-state index contributed by atoms with van der Waals surface area (Å²) in [6.07, 6.45) is 0.0516. The zero-order valence-electron chi connectivity index (χ0n) is 14.2. The number of amides is 2. The van der Waals surface area contributed by atoms with Crippen molar-refractivity contribution in [2.75, 3.05) is 17.2 Å². The maximum atomic E-state index is 13.0. The molecule has 1 atom stereocenters. The van der Waals surface area contributed by atoms with Crippen molar-refractivity contribution in [3.05, 3.63) is 48.5 Å². The molecule has 1 aromatic heterocycles. The average molecular weight is 350 g/mol. The van der Waals surface area contributed by atoms with Gasteiger partial charge in [0.2, 0.25) is 17.8 Å². The maximum Gasteiger partial charge on any atom is 0.248 e. The smallest absolute Gasteiger partial charge is 0.248 e. The molecule has 7 heteroatoms. The number of para-hydroxylation sites is 4. The Morgan fingerprint density at radius 2 is 2.04 bits per heavy atom. The zero-order valence-corrected chi connectivity index (χ0v) is 14.2. The predicted molar refractivity (Wildman–Crippen MR) is 98.3 cm³/mol. The number of imidazole rings is 1. The summed E-state index contributed by atoms with van der Waals surface area (Å²) in [6.45, 7) is 2.38. The van der Waals surface area contributed by atoms with Crippen molar-refractivity contribution in [2.45, 2.75) is 19.4 Å². The first-order chi connectivity index (χ1) is 12.7. The Hall–Kier alpha value is -3.35. The topological polar surface area (TPSA) is 85.2 Å². The summed E-state index contributed by atoms with van der Waals surface area (Å²) >= 11 is 0. The van der Waals surface area contributed by atoms with Gasteiger partial charge in [0.25, 0.3) is 0 Å². The highest BCUT2D eigenvalue weighted by molar-refractivity contribution is 6.03. The molecule has 2 aromatic carbocycles. The van der Waals surface area contributed by atoms with Gasteiger partial charge in [-0.05, 0) is 31.2 Å². The molecule has 0 saturated carbocycles. The van der Waals surface area contributed by atoms with Gasteiger partial charge in [0, 0.05) is 0 Å². The normalized spacial score (nSPS) is 16.0. The molecule has 2 N–H and O–H groups in total. The number of carbonyl (C=O) groups is 2. The third-order valence-electron chi connectivity index (χ3n) is 4.28. The molecule has 3 aromatic rings. The van der Waals surface area contributed by atoms with Crippen molar-refractivity contribution in [3.8, 4) is 5.75 Å². The highest BCUT2D eigenvalue weighted by Crippen LogP contribution is 2.32. The quantitative estimate of drug-likeness (QED) is 0.757. The van der Waals surface area contributed by atoms with Crippen molar-refractivity contribution >= 4 is 34.5 Å². The van der Waals surface area contributed by atoms with Gasteiger partial charge in [0.05, 0.1) is 29.7 Å². The number of rotatable bonds is 4. The fourth-order valence-electron chi connectivity index (χ4n) is 3.17. The van der Waals surface area contributed by atoms with Gasteiger partial charge in [-0.15, -0.1) is 0 Å². The third kappa shape index (κ3) is 2.77. The van der Waals surface area contributed by atoms with Gasteiger partial charge in [-0.3, -0.25) is 19.5 Å². The molecule has 0 bridgehead atoms. The van der Waals surface area contributed by atoms with Gasteiger partial charge in [-0.2, -0.15) is 0 Å². The number of ether oxygens (including phenoxy) is 1. The number of anilines is 2. The summed E-state index contributed by atoms with van der Waals surface area (Å²) in [5, 5.41) is 5.63. The first kappa shape index (κ1) is 16.1. The lowest BCUT2D eigenvalue weighted by Gasteiger charge is -2.25. The number of nitrogens with zero attached hydrogens (tertiary/aromatic N) is 2. The molecule has 26 heavy (non-hydrogen) atoms. The molecule has 2 amide bonds. The minimum absolute atomic E-state index is 0.0516. The third-order valence-corrected chi connectivity index (χ3v) is 4.28. The van der Waals surface area contributed by atoms with E-state index in [0.717, 1.165) is 11.0 Å². The Labute approximate surface area is 150 Å². The lowest BCUT2D eigenvalue weighted by Crippen LogP contribution is -2.35. The van der Waals surface area contributed by atoms with Crippen molar-refractivity contribution in [3.63, 3.8) is 0 Å². The van der Waals surface area contributed by atoms with E-state index in [2.05, 4.69) is 15.6 Å².